The first-order chi connectivity index (χ1) is 12.5. The second kappa shape index (κ2) is 7.88. The quantitative estimate of drug-likeness (QED) is 0.868. The summed E-state index contributed by atoms with van der Waals surface area (Å²) < 4.78 is 26.9. The fourth-order valence-electron chi connectivity index (χ4n) is 3.09. The highest BCUT2D eigenvalue weighted by Crippen LogP contribution is 2.24. The van der Waals surface area contributed by atoms with Crippen molar-refractivity contribution in [1.29, 1.82) is 0 Å². The fourth-order valence-corrected chi connectivity index (χ4v) is 4.60. The van der Waals surface area contributed by atoms with Gasteiger partial charge in [-0.15, -0.1) is 0 Å². The summed E-state index contributed by atoms with van der Waals surface area (Å²) in [5, 5.41) is 9.52. The number of benzene rings is 2. The minimum absolute atomic E-state index is 0.202. The Labute approximate surface area is 153 Å². The minimum atomic E-state index is -3.52. The molecule has 138 valence electrons. The molecule has 0 atom stereocenters. The van der Waals surface area contributed by atoms with Crippen LogP contribution in [0.1, 0.15) is 24.8 Å². The summed E-state index contributed by atoms with van der Waals surface area (Å²) in [5.41, 5.74) is 1.30. The Kier molecular flexibility index (Phi) is 5.58. The van der Waals surface area contributed by atoms with E-state index in [9.17, 15) is 18.3 Å². The van der Waals surface area contributed by atoms with E-state index in [2.05, 4.69) is 0 Å². The topological polar surface area (TPSA) is 77.9 Å². The van der Waals surface area contributed by atoms with Gasteiger partial charge in [-0.25, -0.2) is 13.2 Å². The maximum absolute atomic E-state index is 12.7. The van der Waals surface area contributed by atoms with Gasteiger partial charge in [-0.3, -0.25) is 4.90 Å². The number of piperidine rings is 1. The number of amides is 1. The highest BCUT2D eigenvalue weighted by molar-refractivity contribution is 7.89. The zero-order valence-corrected chi connectivity index (χ0v) is 15.2. The first kappa shape index (κ1) is 18.4. The largest absolute Gasteiger partial charge is 0.465 e. The maximum Gasteiger partial charge on any atom is 0.412 e. The number of hydrogen-bond acceptors (Lipinski definition) is 3. The zero-order chi connectivity index (χ0) is 18.6. The van der Waals surface area contributed by atoms with Crippen LogP contribution >= 0.6 is 0 Å². The van der Waals surface area contributed by atoms with Gasteiger partial charge in [-0.2, -0.15) is 4.31 Å². The van der Waals surface area contributed by atoms with Crippen LogP contribution in [-0.4, -0.2) is 37.0 Å². The molecule has 1 aliphatic heterocycles. The molecule has 26 heavy (non-hydrogen) atoms. The summed E-state index contributed by atoms with van der Waals surface area (Å²) in [6.45, 7) is 1.28. The van der Waals surface area contributed by atoms with Crippen LogP contribution in [-0.2, 0) is 16.6 Å². The molecule has 0 spiro atoms. The van der Waals surface area contributed by atoms with Gasteiger partial charge in [0.25, 0.3) is 0 Å². The third-order valence-corrected chi connectivity index (χ3v) is 6.43. The normalized spacial score (nSPS) is 15.5. The van der Waals surface area contributed by atoms with Crippen molar-refractivity contribution in [3.63, 3.8) is 0 Å². The first-order valence-electron chi connectivity index (χ1n) is 8.63. The van der Waals surface area contributed by atoms with E-state index < -0.39 is 16.1 Å². The molecule has 1 amide bonds. The van der Waals surface area contributed by atoms with E-state index >= 15 is 0 Å². The Morgan fingerprint density at radius 2 is 1.58 bits per heavy atom. The minimum Gasteiger partial charge on any atom is -0.465 e. The summed E-state index contributed by atoms with van der Waals surface area (Å²) in [4.78, 5) is 13.0. The number of hydrogen-bond donors (Lipinski definition) is 1. The molecule has 1 heterocycles. The van der Waals surface area contributed by atoms with Gasteiger partial charge in [-0.05, 0) is 42.7 Å². The number of nitrogens with zero attached hydrogens (tertiary/aromatic N) is 2. The maximum atomic E-state index is 12.7. The lowest BCUT2D eigenvalue weighted by molar-refractivity contribution is 0.201. The molecule has 0 aromatic heterocycles. The van der Waals surface area contributed by atoms with E-state index in [-0.39, 0.29) is 11.4 Å². The Bertz CT molecular complexity index is 845. The molecule has 1 fully saturated rings. The summed E-state index contributed by atoms with van der Waals surface area (Å²) >= 11 is 0. The van der Waals surface area contributed by atoms with Crippen molar-refractivity contribution in [3.05, 3.63) is 60.2 Å². The van der Waals surface area contributed by atoms with Crippen molar-refractivity contribution >= 4 is 21.8 Å². The van der Waals surface area contributed by atoms with Crippen LogP contribution in [0, 0.1) is 0 Å². The zero-order valence-electron chi connectivity index (χ0n) is 14.4. The molecule has 0 aliphatic carbocycles. The summed E-state index contributed by atoms with van der Waals surface area (Å²) in [6, 6.07) is 15.3. The van der Waals surface area contributed by atoms with Crippen LogP contribution < -0.4 is 4.90 Å². The van der Waals surface area contributed by atoms with Gasteiger partial charge in [0.1, 0.15) is 0 Å². The highest BCUT2D eigenvalue weighted by Gasteiger charge is 2.26. The lowest BCUT2D eigenvalue weighted by Gasteiger charge is -2.26. The van der Waals surface area contributed by atoms with Gasteiger partial charge in [0, 0.05) is 18.8 Å². The van der Waals surface area contributed by atoms with Gasteiger partial charge in [-0.1, -0.05) is 36.8 Å². The monoisotopic (exact) mass is 374 g/mol. The average Bonchev–Trinajstić information content (AvgIpc) is 2.67. The predicted octanol–water partition coefficient (Wildman–Crippen LogP) is 3.55. The summed E-state index contributed by atoms with van der Waals surface area (Å²) in [5.74, 6) is 0. The van der Waals surface area contributed by atoms with Crippen LogP contribution in [0.25, 0.3) is 0 Å². The van der Waals surface area contributed by atoms with E-state index in [1.165, 1.54) is 21.3 Å². The Hall–Kier alpha value is -2.38. The van der Waals surface area contributed by atoms with Crippen LogP contribution in [0.4, 0.5) is 10.5 Å². The Morgan fingerprint density at radius 3 is 2.15 bits per heavy atom. The molecule has 1 saturated heterocycles. The molecule has 3 rings (SSSR count). The van der Waals surface area contributed by atoms with Crippen molar-refractivity contribution in [1.82, 2.24) is 4.31 Å². The number of rotatable bonds is 5. The molecule has 2 aromatic rings. The van der Waals surface area contributed by atoms with Crippen LogP contribution in [0.5, 0.6) is 0 Å². The molecular weight excluding hydrogens is 352 g/mol. The smallest absolute Gasteiger partial charge is 0.412 e. The second-order valence-corrected chi connectivity index (χ2v) is 8.25. The molecule has 2 aromatic carbocycles. The number of sulfonamides is 1. The molecule has 0 bridgehead atoms. The molecule has 0 unspecified atom stereocenters. The molecule has 0 saturated carbocycles. The summed E-state index contributed by atoms with van der Waals surface area (Å²) in [7, 11) is -3.52. The summed E-state index contributed by atoms with van der Waals surface area (Å²) in [6.07, 6.45) is 1.72. The highest BCUT2D eigenvalue weighted by atomic mass is 32.2. The van der Waals surface area contributed by atoms with E-state index in [4.69, 9.17) is 0 Å². The van der Waals surface area contributed by atoms with E-state index in [0.29, 0.717) is 18.8 Å². The first-order valence-corrected chi connectivity index (χ1v) is 10.1. The Morgan fingerprint density at radius 1 is 0.962 bits per heavy atom. The molecule has 1 aliphatic rings. The van der Waals surface area contributed by atoms with Crippen molar-refractivity contribution in [2.45, 2.75) is 30.7 Å². The average molecular weight is 374 g/mol. The van der Waals surface area contributed by atoms with Crippen LogP contribution in [0.2, 0.25) is 0 Å². The number of carbonyl (C=O) groups is 1. The molecule has 0 radical (unpaired) electrons. The van der Waals surface area contributed by atoms with Crippen LogP contribution in [0.3, 0.4) is 0 Å². The number of anilines is 1. The predicted molar refractivity (Wildman–Crippen MR) is 99.7 cm³/mol. The molecule has 6 nitrogen and oxygen atoms in total. The Balaban J connectivity index is 1.81. The van der Waals surface area contributed by atoms with Gasteiger partial charge < -0.3 is 5.11 Å². The standard InChI is InChI=1S/C19H22N2O4S/c22-19(23)21(15-16-7-3-1-4-8-16)17-9-11-18(12-10-17)26(24,25)20-13-5-2-6-14-20/h1,3-4,7-12H,2,5-6,13-15H2,(H,22,23). The van der Waals surface area contributed by atoms with Crippen LogP contribution in [0.15, 0.2) is 59.5 Å². The van der Waals surface area contributed by atoms with Crippen molar-refractivity contribution < 1.29 is 18.3 Å². The third-order valence-electron chi connectivity index (χ3n) is 4.52. The third kappa shape index (κ3) is 4.05. The lowest BCUT2D eigenvalue weighted by atomic mass is 10.2. The van der Waals surface area contributed by atoms with Crippen molar-refractivity contribution in [3.8, 4) is 0 Å². The molecular formula is C19H22N2O4S. The molecule has 7 heteroatoms. The fraction of sp³-hybridized carbons (Fsp3) is 0.316. The number of carboxylic acid groups (broad SMARTS) is 1. The SMILES string of the molecule is O=C(O)N(Cc1ccccc1)c1ccc(S(=O)(=O)N2CCCCC2)cc1. The van der Waals surface area contributed by atoms with Gasteiger partial charge in [0.2, 0.25) is 10.0 Å². The van der Waals surface area contributed by atoms with Gasteiger partial charge in [0.05, 0.1) is 11.4 Å². The van der Waals surface area contributed by atoms with Gasteiger partial charge in [0.15, 0.2) is 0 Å². The van der Waals surface area contributed by atoms with E-state index in [1.807, 2.05) is 30.3 Å². The van der Waals surface area contributed by atoms with E-state index in [0.717, 1.165) is 24.8 Å². The van der Waals surface area contributed by atoms with Crippen molar-refractivity contribution in [2.75, 3.05) is 18.0 Å². The van der Waals surface area contributed by atoms with Crippen molar-refractivity contribution in [2.24, 2.45) is 0 Å². The second-order valence-electron chi connectivity index (χ2n) is 6.31. The molecule has 1 N–H and O–H groups in total. The van der Waals surface area contributed by atoms with E-state index in [1.54, 1.807) is 12.1 Å². The van der Waals surface area contributed by atoms with Gasteiger partial charge >= 0.3 is 6.09 Å². The lowest BCUT2D eigenvalue weighted by Crippen LogP contribution is -2.35.